The molecule has 1 saturated heterocycles. The molecule has 1 rings (SSSR count). The van der Waals surface area contributed by atoms with Gasteiger partial charge in [-0.25, -0.2) is 19.3 Å². The lowest BCUT2D eigenvalue weighted by Gasteiger charge is -2.24. The number of hydrogen-bond acceptors (Lipinski definition) is 5. The molecule has 0 aromatic rings. The molecule has 1 heterocycles. The van der Waals surface area contributed by atoms with E-state index < -0.39 is 9.84 Å². The van der Waals surface area contributed by atoms with Crippen LogP contribution < -0.4 is 16.6 Å². The van der Waals surface area contributed by atoms with Crippen molar-refractivity contribution >= 4 is 15.8 Å². The van der Waals surface area contributed by atoms with Crippen LogP contribution in [0.1, 0.15) is 12.8 Å². The maximum absolute atomic E-state index is 11.4. The van der Waals surface area contributed by atoms with Crippen LogP contribution in [0.4, 0.5) is 0 Å². The Balaban J connectivity index is 2.47. The summed E-state index contributed by atoms with van der Waals surface area (Å²) in [6.45, 7) is 0.971. The van der Waals surface area contributed by atoms with Crippen LogP contribution in [0.5, 0.6) is 0 Å². The Morgan fingerprint density at radius 2 is 2.35 bits per heavy atom. The molecule has 1 aliphatic heterocycles. The van der Waals surface area contributed by atoms with Crippen LogP contribution in [0.15, 0.2) is 4.99 Å². The molecule has 0 spiro atoms. The average molecular weight is 264 g/mol. The molecule has 0 saturated carbocycles. The molecule has 0 radical (unpaired) electrons. The number of sulfone groups is 1. The number of methoxy groups -OCH3 is 1. The standard InChI is InChI=1S/C9H20N4O3S/c1-16-5-4-11-9(13-10)12-8-3-2-6-17(14,15)7-8/h8H,2-7,10H2,1H3,(H2,11,12,13). The van der Waals surface area contributed by atoms with Crippen LogP contribution in [-0.4, -0.2) is 52.2 Å². The molecule has 1 fully saturated rings. The van der Waals surface area contributed by atoms with Crippen molar-refractivity contribution in [2.24, 2.45) is 10.8 Å². The van der Waals surface area contributed by atoms with E-state index in [4.69, 9.17) is 10.6 Å². The van der Waals surface area contributed by atoms with Gasteiger partial charge in [-0.2, -0.15) is 0 Å². The number of hydrogen-bond donors (Lipinski definition) is 3. The summed E-state index contributed by atoms with van der Waals surface area (Å²) in [6, 6.07) is -0.119. The van der Waals surface area contributed by atoms with Crippen LogP contribution in [0.2, 0.25) is 0 Å². The maximum Gasteiger partial charge on any atom is 0.206 e. The predicted molar refractivity (Wildman–Crippen MR) is 66.3 cm³/mol. The second-order valence-corrected chi connectivity index (χ2v) is 6.19. The highest BCUT2D eigenvalue weighted by Gasteiger charge is 2.25. The fraction of sp³-hybridized carbons (Fsp3) is 0.889. The van der Waals surface area contributed by atoms with Crippen molar-refractivity contribution < 1.29 is 13.2 Å². The van der Waals surface area contributed by atoms with Crippen LogP contribution >= 0.6 is 0 Å². The second-order valence-electron chi connectivity index (χ2n) is 3.97. The molecule has 7 nitrogen and oxygen atoms in total. The monoisotopic (exact) mass is 264 g/mol. The zero-order valence-corrected chi connectivity index (χ0v) is 10.8. The zero-order valence-electron chi connectivity index (χ0n) is 9.98. The van der Waals surface area contributed by atoms with Crippen LogP contribution in [0.25, 0.3) is 0 Å². The Bertz CT molecular complexity index is 355. The van der Waals surface area contributed by atoms with Crippen LogP contribution in [0.3, 0.4) is 0 Å². The topological polar surface area (TPSA) is 106 Å². The first kappa shape index (κ1) is 14.2. The third-order valence-electron chi connectivity index (χ3n) is 2.51. The smallest absolute Gasteiger partial charge is 0.206 e. The van der Waals surface area contributed by atoms with Gasteiger partial charge in [0.05, 0.1) is 24.7 Å². The van der Waals surface area contributed by atoms with Crippen molar-refractivity contribution in [2.45, 2.75) is 18.9 Å². The van der Waals surface area contributed by atoms with E-state index >= 15 is 0 Å². The third-order valence-corrected chi connectivity index (χ3v) is 4.33. The normalized spacial score (nSPS) is 24.4. The average Bonchev–Trinajstić information content (AvgIpc) is 2.26. The highest BCUT2D eigenvalue weighted by atomic mass is 32.2. The Labute approximate surface area is 102 Å². The van der Waals surface area contributed by atoms with Crippen molar-refractivity contribution in [3.05, 3.63) is 0 Å². The first-order valence-electron chi connectivity index (χ1n) is 5.54. The number of ether oxygens (including phenoxy) is 1. The van der Waals surface area contributed by atoms with Gasteiger partial charge in [-0.3, -0.25) is 5.43 Å². The molecule has 4 N–H and O–H groups in total. The minimum atomic E-state index is -2.92. The highest BCUT2D eigenvalue weighted by Crippen LogP contribution is 2.11. The van der Waals surface area contributed by atoms with Gasteiger partial charge in [0.15, 0.2) is 9.84 Å². The van der Waals surface area contributed by atoms with Crippen molar-refractivity contribution in [3.63, 3.8) is 0 Å². The molecule has 0 aromatic heterocycles. The van der Waals surface area contributed by atoms with Gasteiger partial charge in [0.25, 0.3) is 0 Å². The predicted octanol–water partition coefficient (Wildman–Crippen LogP) is -1.38. The number of nitrogens with one attached hydrogen (secondary N) is 2. The summed E-state index contributed by atoms with van der Waals surface area (Å²) < 4.78 is 27.7. The summed E-state index contributed by atoms with van der Waals surface area (Å²) in [5.41, 5.74) is 2.42. The minimum Gasteiger partial charge on any atom is -0.383 e. The van der Waals surface area contributed by atoms with Crippen LogP contribution in [-0.2, 0) is 14.6 Å². The quantitative estimate of drug-likeness (QED) is 0.190. The number of guanidine groups is 1. The second kappa shape index (κ2) is 6.77. The van der Waals surface area contributed by atoms with Gasteiger partial charge in [0, 0.05) is 13.2 Å². The fourth-order valence-electron chi connectivity index (χ4n) is 1.71. The van der Waals surface area contributed by atoms with Gasteiger partial charge in [-0.15, -0.1) is 0 Å². The Kier molecular flexibility index (Phi) is 5.66. The van der Waals surface area contributed by atoms with Gasteiger partial charge in [0.1, 0.15) is 0 Å². The van der Waals surface area contributed by atoms with Crippen molar-refractivity contribution in [2.75, 3.05) is 31.8 Å². The van der Waals surface area contributed by atoms with Crippen molar-refractivity contribution in [1.82, 2.24) is 10.7 Å². The lowest BCUT2D eigenvalue weighted by atomic mass is 10.2. The first-order valence-corrected chi connectivity index (χ1v) is 7.36. The number of nitrogens with two attached hydrogens (primary N) is 1. The molecule has 0 aliphatic carbocycles. The van der Waals surface area contributed by atoms with Gasteiger partial charge in [0.2, 0.25) is 5.96 Å². The number of nitrogens with zero attached hydrogens (tertiary/aromatic N) is 1. The molecular weight excluding hydrogens is 244 g/mol. The van der Waals surface area contributed by atoms with E-state index in [2.05, 4.69) is 15.7 Å². The van der Waals surface area contributed by atoms with E-state index in [1.807, 2.05) is 0 Å². The maximum atomic E-state index is 11.4. The molecule has 17 heavy (non-hydrogen) atoms. The zero-order chi connectivity index (χ0) is 12.7. The molecule has 0 bridgehead atoms. The van der Waals surface area contributed by atoms with Gasteiger partial charge >= 0.3 is 0 Å². The van der Waals surface area contributed by atoms with Crippen molar-refractivity contribution in [3.8, 4) is 0 Å². The van der Waals surface area contributed by atoms with Gasteiger partial charge in [-0.1, -0.05) is 0 Å². The Morgan fingerprint density at radius 1 is 1.59 bits per heavy atom. The lowest BCUT2D eigenvalue weighted by Crippen LogP contribution is -2.50. The largest absolute Gasteiger partial charge is 0.383 e. The summed E-state index contributed by atoms with van der Waals surface area (Å²) in [5, 5.41) is 3.00. The van der Waals surface area contributed by atoms with E-state index in [-0.39, 0.29) is 17.5 Å². The number of rotatable bonds is 4. The van der Waals surface area contributed by atoms with E-state index in [0.717, 1.165) is 6.42 Å². The van der Waals surface area contributed by atoms with Gasteiger partial charge < -0.3 is 10.1 Å². The van der Waals surface area contributed by atoms with E-state index in [1.165, 1.54) is 0 Å². The molecule has 1 atom stereocenters. The summed E-state index contributed by atoms with van der Waals surface area (Å²) in [7, 11) is -1.33. The molecule has 1 aliphatic rings. The Morgan fingerprint density at radius 3 is 2.94 bits per heavy atom. The first-order chi connectivity index (χ1) is 8.07. The summed E-state index contributed by atoms with van der Waals surface area (Å²) >= 11 is 0. The SMILES string of the molecule is COCCN=C(NN)NC1CCCS(=O)(=O)C1. The summed E-state index contributed by atoms with van der Waals surface area (Å²) in [4.78, 5) is 4.12. The molecule has 8 heteroatoms. The highest BCUT2D eigenvalue weighted by molar-refractivity contribution is 7.91. The number of hydrazine groups is 1. The molecular formula is C9H20N4O3S. The van der Waals surface area contributed by atoms with Crippen LogP contribution in [0, 0.1) is 0 Å². The molecule has 0 amide bonds. The molecule has 1 unspecified atom stereocenters. The summed E-state index contributed by atoms with van der Waals surface area (Å²) in [5.74, 6) is 6.12. The van der Waals surface area contributed by atoms with E-state index in [1.54, 1.807) is 7.11 Å². The van der Waals surface area contributed by atoms with E-state index in [9.17, 15) is 8.42 Å². The van der Waals surface area contributed by atoms with Crippen molar-refractivity contribution in [1.29, 1.82) is 0 Å². The third kappa shape index (κ3) is 5.33. The minimum absolute atomic E-state index is 0.119. The number of aliphatic imine (C=N–C) groups is 1. The Hall–Kier alpha value is -0.860. The van der Waals surface area contributed by atoms with Gasteiger partial charge in [-0.05, 0) is 12.8 Å². The van der Waals surface area contributed by atoms with E-state index in [0.29, 0.717) is 25.5 Å². The molecule has 100 valence electrons. The lowest BCUT2D eigenvalue weighted by molar-refractivity contribution is 0.208. The fourth-order valence-corrected chi connectivity index (χ4v) is 3.35. The summed E-state index contributed by atoms with van der Waals surface area (Å²) in [6.07, 6.45) is 1.49. The molecule has 0 aromatic carbocycles.